The van der Waals surface area contributed by atoms with Crippen molar-refractivity contribution in [1.82, 2.24) is 14.8 Å². The Morgan fingerprint density at radius 3 is 2.86 bits per heavy atom. The van der Waals surface area contributed by atoms with Crippen LogP contribution in [0.25, 0.3) is 5.82 Å². The Labute approximate surface area is 81.2 Å². The van der Waals surface area contributed by atoms with E-state index >= 15 is 0 Å². The fourth-order valence-corrected chi connectivity index (χ4v) is 1.21. The maximum absolute atomic E-state index is 12.3. The van der Waals surface area contributed by atoms with E-state index in [4.69, 9.17) is 0 Å². The Hall–Kier alpha value is -1.71. The molecule has 0 amide bonds. The molecular formula is C10H10FN3. The number of pyridine rings is 1. The quantitative estimate of drug-likeness (QED) is 0.727. The Kier molecular flexibility index (Phi) is 2.26. The van der Waals surface area contributed by atoms with Gasteiger partial charge in [0.2, 0.25) is 0 Å². The van der Waals surface area contributed by atoms with Crippen molar-refractivity contribution in [1.29, 1.82) is 0 Å². The molecule has 0 fully saturated rings. The minimum absolute atomic E-state index is 0.427. The van der Waals surface area contributed by atoms with E-state index in [2.05, 4.69) is 10.1 Å². The van der Waals surface area contributed by atoms with Crippen molar-refractivity contribution in [2.24, 2.45) is 0 Å². The van der Waals surface area contributed by atoms with Crippen molar-refractivity contribution in [3.63, 3.8) is 0 Å². The van der Waals surface area contributed by atoms with E-state index in [1.54, 1.807) is 29.1 Å². The van der Waals surface area contributed by atoms with Crippen molar-refractivity contribution in [3.05, 3.63) is 41.9 Å². The van der Waals surface area contributed by atoms with Crippen LogP contribution in [0, 0.1) is 6.92 Å². The SMILES string of the molecule is Cc1ccn(-c2cccc(CF)n2)n1. The third-order valence-electron chi connectivity index (χ3n) is 1.89. The largest absolute Gasteiger partial charge is 0.244 e. The van der Waals surface area contributed by atoms with Crippen LogP contribution in [0.2, 0.25) is 0 Å². The van der Waals surface area contributed by atoms with Crippen LogP contribution in [0.4, 0.5) is 4.39 Å². The first-order valence-corrected chi connectivity index (χ1v) is 4.34. The molecule has 14 heavy (non-hydrogen) atoms. The van der Waals surface area contributed by atoms with Gasteiger partial charge in [0.1, 0.15) is 6.67 Å². The van der Waals surface area contributed by atoms with E-state index in [1.807, 2.05) is 13.0 Å². The van der Waals surface area contributed by atoms with Crippen LogP contribution < -0.4 is 0 Å². The van der Waals surface area contributed by atoms with E-state index in [9.17, 15) is 4.39 Å². The molecule has 3 nitrogen and oxygen atoms in total. The first kappa shape index (κ1) is 8.87. The second kappa shape index (κ2) is 3.57. The Balaban J connectivity index is 2.41. The molecule has 2 aromatic heterocycles. The second-order valence-electron chi connectivity index (χ2n) is 3.02. The summed E-state index contributed by atoms with van der Waals surface area (Å²) in [6.07, 6.45) is 1.81. The first-order valence-electron chi connectivity index (χ1n) is 4.34. The fraction of sp³-hybridized carbons (Fsp3) is 0.200. The topological polar surface area (TPSA) is 30.7 Å². The molecule has 0 saturated carbocycles. The average Bonchev–Trinajstić information content (AvgIpc) is 2.65. The molecule has 0 radical (unpaired) electrons. The molecule has 2 rings (SSSR count). The lowest BCUT2D eigenvalue weighted by Crippen LogP contribution is -1.99. The number of aryl methyl sites for hydroxylation is 1. The molecule has 2 aromatic rings. The Morgan fingerprint density at radius 2 is 2.21 bits per heavy atom. The van der Waals surface area contributed by atoms with Gasteiger partial charge in [0, 0.05) is 6.20 Å². The maximum atomic E-state index is 12.3. The van der Waals surface area contributed by atoms with Crippen LogP contribution in [-0.4, -0.2) is 14.8 Å². The number of hydrogen-bond donors (Lipinski definition) is 0. The lowest BCUT2D eigenvalue weighted by atomic mass is 10.3. The molecule has 0 atom stereocenters. The molecule has 0 bridgehead atoms. The highest BCUT2D eigenvalue weighted by Gasteiger charge is 2.00. The third-order valence-corrected chi connectivity index (χ3v) is 1.89. The monoisotopic (exact) mass is 191 g/mol. The zero-order chi connectivity index (χ0) is 9.97. The molecule has 0 aromatic carbocycles. The van der Waals surface area contributed by atoms with Gasteiger partial charge in [0.05, 0.1) is 11.4 Å². The van der Waals surface area contributed by atoms with Gasteiger partial charge in [-0.3, -0.25) is 0 Å². The summed E-state index contributed by atoms with van der Waals surface area (Å²) in [6.45, 7) is 1.35. The summed E-state index contributed by atoms with van der Waals surface area (Å²) in [5, 5.41) is 4.19. The van der Waals surface area contributed by atoms with E-state index in [0.29, 0.717) is 11.5 Å². The second-order valence-corrected chi connectivity index (χ2v) is 3.02. The summed E-state index contributed by atoms with van der Waals surface area (Å²) in [5.41, 5.74) is 1.34. The van der Waals surface area contributed by atoms with Crippen molar-refractivity contribution < 1.29 is 4.39 Å². The lowest BCUT2D eigenvalue weighted by Gasteiger charge is -2.00. The Morgan fingerprint density at radius 1 is 1.36 bits per heavy atom. The number of hydrogen-bond acceptors (Lipinski definition) is 2. The normalized spacial score (nSPS) is 10.4. The predicted octanol–water partition coefficient (Wildman–Crippen LogP) is 2.05. The standard InChI is InChI=1S/C10H10FN3/c1-8-5-6-14(13-8)10-4-2-3-9(7-11)12-10/h2-6H,7H2,1H3. The van der Waals surface area contributed by atoms with E-state index in [-0.39, 0.29) is 0 Å². The summed E-state index contributed by atoms with van der Waals surface area (Å²) in [7, 11) is 0. The fourth-order valence-electron chi connectivity index (χ4n) is 1.21. The first-order chi connectivity index (χ1) is 6.79. The van der Waals surface area contributed by atoms with Crippen molar-refractivity contribution in [3.8, 4) is 5.82 Å². The van der Waals surface area contributed by atoms with Crippen LogP contribution in [0.3, 0.4) is 0 Å². The van der Waals surface area contributed by atoms with Crippen molar-refractivity contribution in [2.45, 2.75) is 13.6 Å². The van der Waals surface area contributed by atoms with Gasteiger partial charge in [-0.1, -0.05) is 6.07 Å². The summed E-state index contributed by atoms with van der Waals surface area (Å²) in [6, 6.07) is 7.10. The van der Waals surface area contributed by atoms with E-state index < -0.39 is 6.67 Å². The predicted molar refractivity (Wildman–Crippen MR) is 50.9 cm³/mol. The molecule has 0 saturated heterocycles. The maximum Gasteiger partial charge on any atom is 0.153 e. The molecule has 0 aliphatic rings. The number of halogens is 1. The van der Waals surface area contributed by atoms with Crippen LogP contribution in [0.5, 0.6) is 0 Å². The third kappa shape index (κ3) is 1.64. The zero-order valence-corrected chi connectivity index (χ0v) is 7.81. The molecule has 0 aliphatic carbocycles. The van der Waals surface area contributed by atoms with Gasteiger partial charge < -0.3 is 0 Å². The van der Waals surface area contributed by atoms with Crippen LogP contribution >= 0.6 is 0 Å². The number of alkyl halides is 1. The van der Waals surface area contributed by atoms with E-state index in [1.165, 1.54) is 0 Å². The molecule has 0 spiro atoms. The zero-order valence-electron chi connectivity index (χ0n) is 7.81. The molecule has 0 N–H and O–H groups in total. The lowest BCUT2D eigenvalue weighted by molar-refractivity contribution is 0.475. The number of rotatable bonds is 2. The van der Waals surface area contributed by atoms with Gasteiger partial charge in [-0.15, -0.1) is 0 Å². The highest BCUT2D eigenvalue weighted by molar-refractivity contribution is 5.23. The highest BCUT2D eigenvalue weighted by Crippen LogP contribution is 2.06. The minimum atomic E-state index is -0.548. The average molecular weight is 191 g/mol. The van der Waals surface area contributed by atoms with Crippen molar-refractivity contribution in [2.75, 3.05) is 0 Å². The molecule has 4 heteroatoms. The van der Waals surface area contributed by atoms with Crippen LogP contribution in [0.1, 0.15) is 11.4 Å². The van der Waals surface area contributed by atoms with Gasteiger partial charge in [0.15, 0.2) is 5.82 Å². The van der Waals surface area contributed by atoms with E-state index in [0.717, 1.165) is 5.69 Å². The molecule has 72 valence electrons. The van der Waals surface area contributed by atoms with Gasteiger partial charge >= 0.3 is 0 Å². The van der Waals surface area contributed by atoms with Crippen LogP contribution in [0.15, 0.2) is 30.5 Å². The molecule has 2 heterocycles. The van der Waals surface area contributed by atoms with Gasteiger partial charge in [-0.05, 0) is 25.1 Å². The Bertz CT molecular complexity index is 436. The summed E-state index contributed by atoms with van der Waals surface area (Å²) in [5.74, 6) is 0.647. The summed E-state index contributed by atoms with van der Waals surface area (Å²) in [4.78, 5) is 4.10. The van der Waals surface area contributed by atoms with Crippen LogP contribution in [-0.2, 0) is 6.67 Å². The smallest absolute Gasteiger partial charge is 0.153 e. The number of aromatic nitrogens is 3. The van der Waals surface area contributed by atoms with Gasteiger partial charge in [-0.25, -0.2) is 14.1 Å². The summed E-state index contributed by atoms with van der Waals surface area (Å²) < 4.78 is 14.0. The molecule has 0 unspecified atom stereocenters. The van der Waals surface area contributed by atoms with Gasteiger partial charge in [0.25, 0.3) is 0 Å². The number of nitrogens with zero attached hydrogens (tertiary/aromatic N) is 3. The minimum Gasteiger partial charge on any atom is -0.244 e. The highest BCUT2D eigenvalue weighted by atomic mass is 19.1. The summed E-state index contributed by atoms with van der Waals surface area (Å²) >= 11 is 0. The van der Waals surface area contributed by atoms with Crippen molar-refractivity contribution >= 4 is 0 Å². The molecule has 0 aliphatic heterocycles. The molecular weight excluding hydrogens is 181 g/mol. The van der Waals surface area contributed by atoms with Gasteiger partial charge in [-0.2, -0.15) is 5.10 Å².